The van der Waals surface area contributed by atoms with E-state index in [2.05, 4.69) is 37.1 Å². The molecule has 1 aromatic rings. The zero-order chi connectivity index (χ0) is 8.10. The van der Waals surface area contributed by atoms with E-state index in [1.165, 1.54) is 5.56 Å². The van der Waals surface area contributed by atoms with Crippen LogP contribution in [0.4, 0.5) is 0 Å². The van der Waals surface area contributed by atoms with Gasteiger partial charge in [-0.25, -0.2) is 0 Å². The maximum Gasteiger partial charge on any atom is 0.0471 e. The number of benzene rings is 1. The number of thioether (sulfide) groups is 1. The van der Waals surface area contributed by atoms with Crippen molar-refractivity contribution in [3.05, 3.63) is 48.6 Å². The summed E-state index contributed by atoms with van der Waals surface area (Å²) in [6.07, 6.45) is 4.07. The Labute approximate surface area is 72.3 Å². The fourth-order valence-electron chi connectivity index (χ4n) is 1.01. The van der Waals surface area contributed by atoms with Gasteiger partial charge in [0.25, 0.3) is 0 Å². The second kappa shape index (κ2) is 4.24. The predicted molar refractivity (Wildman–Crippen MR) is 52.9 cm³/mol. The molecule has 0 aromatic heterocycles. The van der Waals surface area contributed by atoms with E-state index in [1.807, 2.05) is 12.1 Å². The van der Waals surface area contributed by atoms with Gasteiger partial charge in [0.2, 0.25) is 0 Å². The fourth-order valence-corrected chi connectivity index (χ4v) is 1.63. The van der Waals surface area contributed by atoms with Crippen LogP contribution >= 0.6 is 11.8 Å². The van der Waals surface area contributed by atoms with Crippen LogP contribution in [0, 0.1) is 0 Å². The van der Waals surface area contributed by atoms with Gasteiger partial charge in [-0.2, -0.15) is 11.8 Å². The molecule has 0 saturated heterocycles. The van der Waals surface area contributed by atoms with Crippen LogP contribution in [-0.2, 0) is 0 Å². The molecule has 0 saturated carbocycles. The highest BCUT2D eigenvalue weighted by Gasteiger charge is 2.02. The van der Waals surface area contributed by atoms with Crippen molar-refractivity contribution < 1.29 is 0 Å². The first kappa shape index (κ1) is 8.41. The summed E-state index contributed by atoms with van der Waals surface area (Å²) in [5, 5.41) is 0.441. The smallest absolute Gasteiger partial charge is 0.0471 e. The second-order valence-electron chi connectivity index (χ2n) is 2.30. The van der Waals surface area contributed by atoms with Crippen molar-refractivity contribution in [1.82, 2.24) is 0 Å². The third-order valence-corrected chi connectivity index (χ3v) is 2.57. The Hall–Kier alpha value is -0.690. The van der Waals surface area contributed by atoms with Gasteiger partial charge >= 0.3 is 0 Å². The molecule has 1 unspecified atom stereocenters. The summed E-state index contributed by atoms with van der Waals surface area (Å²) in [7, 11) is 0. The number of rotatable bonds is 3. The summed E-state index contributed by atoms with van der Waals surface area (Å²) in [6.45, 7) is 3.79. The summed E-state index contributed by atoms with van der Waals surface area (Å²) in [5.41, 5.74) is 1.33. The van der Waals surface area contributed by atoms with Gasteiger partial charge in [-0.1, -0.05) is 36.4 Å². The molecule has 1 rings (SSSR count). The summed E-state index contributed by atoms with van der Waals surface area (Å²) in [6, 6.07) is 10.4. The molecule has 0 aliphatic rings. The molecule has 0 amide bonds. The summed E-state index contributed by atoms with van der Waals surface area (Å²) >= 11 is 1.80. The van der Waals surface area contributed by atoms with Crippen LogP contribution in [0.1, 0.15) is 10.8 Å². The van der Waals surface area contributed by atoms with E-state index in [-0.39, 0.29) is 0 Å². The highest BCUT2D eigenvalue weighted by atomic mass is 32.2. The number of hydrogen-bond donors (Lipinski definition) is 0. The maximum atomic E-state index is 3.79. The van der Waals surface area contributed by atoms with Crippen LogP contribution in [0.25, 0.3) is 0 Å². The molecule has 1 heteroatoms. The van der Waals surface area contributed by atoms with Gasteiger partial charge in [0.1, 0.15) is 0 Å². The van der Waals surface area contributed by atoms with E-state index in [1.54, 1.807) is 11.8 Å². The molecule has 0 fully saturated rings. The minimum absolute atomic E-state index is 0.441. The lowest BCUT2D eigenvalue weighted by Gasteiger charge is -2.07. The highest BCUT2D eigenvalue weighted by Crippen LogP contribution is 2.26. The van der Waals surface area contributed by atoms with Crippen LogP contribution in [0.5, 0.6) is 0 Å². The molecule has 0 bridgehead atoms. The molecule has 1 atom stereocenters. The summed E-state index contributed by atoms with van der Waals surface area (Å²) < 4.78 is 0. The minimum Gasteiger partial charge on any atom is -0.153 e. The molecule has 1 aromatic carbocycles. The van der Waals surface area contributed by atoms with Crippen LogP contribution in [0.3, 0.4) is 0 Å². The molecule has 0 spiro atoms. The van der Waals surface area contributed by atoms with E-state index < -0.39 is 0 Å². The lowest BCUT2D eigenvalue weighted by atomic mass is 10.1. The standard InChI is InChI=1S/C10H12S/c1-3-10(11-2)9-7-5-4-6-8-9/h3-8,10H,1H2,2H3. The van der Waals surface area contributed by atoms with Crippen LogP contribution in [0.15, 0.2) is 43.0 Å². The molecule has 0 nitrogen and oxygen atoms in total. The van der Waals surface area contributed by atoms with Gasteiger partial charge in [0.05, 0.1) is 0 Å². The van der Waals surface area contributed by atoms with Gasteiger partial charge in [-0.3, -0.25) is 0 Å². The van der Waals surface area contributed by atoms with Gasteiger partial charge in [0.15, 0.2) is 0 Å². The van der Waals surface area contributed by atoms with Crippen LogP contribution < -0.4 is 0 Å². The maximum absolute atomic E-state index is 3.79. The third kappa shape index (κ3) is 2.12. The molecular formula is C10H12S. The molecule has 0 aliphatic carbocycles. The first-order valence-electron chi connectivity index (χ1n) is 3.58. The molecule has 11 heavy (non-hydrogen) atoms. The Morgan fingerprint density at radius 2 is 2.00 bits per heavy atom. The topological polar surface area (TPSA) is 0 Å². The van der Waals surface area contributed by atoms with Gasteiger partial charge in [-0.05, 0) is 11.8 Å². The molecular weight excluding hydrogens is 152 g/mol. The first-order valence-corrected chi connectivity index (χ1v) is 4.87. The van der Waals surface area contributed by atoms with E-state index in [0.29, 0.717) is 5.25 Å². The third-order valence-electron chi connectivity index (χ3n) is 1.60. The first-order chi connectivity index (χ1) is 5.38. The van der Waals surface area contributed by atoms with Crippen molar-refractivity contribution in [3.8, 4) is 0 Å². The van der Waals surface area contributed by atoms with Crippen LogP contribution in [-0.4, -0.2) is 6.26 Å². The van der Waals surface area contributed by atoms with Gasteiger partial charge < -0.3 is 0 Å². The van der Waals surface area contributed by atoms with Crippen molar-refractivity contribution in [2.45, 2.75) is 5.25 Å². The molecule has 0 heterocycles. The zero-order valence-corrected chi connectivity index (χ0v) is 7.47. The fraction of sp³-hybridized carbons (Fsp3) is 0.200. The summed E-state index contributed by atoms with van der Waals surface area (Å²) in [4.78, 5) is 0. The lowest BCUT2D eigenvalue weighted by Crippen LogP contribution is -1.86. The molecule has 0 N–H and O–H groups in total. The average molecular weight is 164 g/mol. The SMILES string of the molecule is C=CC(SC)c1ccccc1. The Kier molecular flexibility index (Phi) is 3.24. The zero-order valence-electron chi connectivity index (χ0n) is 6.66. The Balaban J connectivity index is 2.82. The second-order valence-corrected chi connectivity index (χ2v) is 3.28. The molecule has 0 aliphatic heterocycles. The average Bonchev–Trinajstić information content (AvgIpc) is 2.09. The van der Waals surface area contributed by atoms with Crippen molar-refractivity contribution in [1.29, 1.82) is 0 Å². The van der Waals surface area contributed by atoms with Crippen molar-refractivity contribution in [3.63, 3.8) is 0 Å². The monoisotopic (exact) mass is 164 g/mol. The summed E-state index contributed by atoms with van der Waals surface area (Å²) in [5.74, 6) is 0. The van der Waals surface area contributed by atoms with Crippen molar-refractivity contribution in [2.75, 3.05) is 6.26 Å². The van der Waals surface area contributed by atoms with E-state index >= 15 is 0 Å². The largest absolute Gasteiger partial charge is 0.153 e. The van der Waals surface area contributed by atoms with E-state index in [0.717, 1.165) is 0 Å². The Morgan fingerprint density at radius 3 is 2.45 bits per heavy atom. The highest BCUT2D eigenvalue weighted by molar-refractivity contribution is 7.99. The molecule has 58 valence electrons. The quantitative estimate of drug-likeness (QED) is 0.618. The van der Waals surface area contributed by atoms with Gasteiger partial charge in [0, 0.05) is 5.25 Å². The normalized spacial score (nSPS) is 12.5. The minimum atomic E-state index is 0.441. The lowest BCUT2D eigenvalue weighted by molar-refractivity contribution is 1.24. The predicted octanol–water partition coefficient (Wildman–Crippen LogP) is 3.28. The number of hydrogen-bond acceptors (Lipinski definition) is 1. The van der Waals surface area contributed by atoms with Gasteiger partial charge in [-0.15, -0.1) is 6.58 Å². The van der Waals surface area contributed by atoms with E-state index in [9.17, 15) is 0 Å². The van der Waals surface area contributed by atoms with E-state index in [4.69, 9.17) is 0 Å². The van der Waals surface area contributed by atoms with Crippen molar-refractivity contribution >= 4 is 11.8 Å². The molecule has 0 radical (unpaired) electrons. The Bertz CT molecular complexity index is 216. The van der Waals surface area contributed by atoms with Crippen LogP contribution in [0.2, 0.25) is 0 Å². The van der Waals surface area contributed by atoms with Crippen molar-refractivity contribution in [2.24, 2.45) is 0 Å². The Morgan fingerprint density at radius 1 is 1.36 bits per heavy atom.